The first-order valence-corrected chi connectivity index (χ1v) is 6.18. The molecule has 0 bridgehead atoms. The second-order valence-electron chi connectivity index (χ2n) is 4.36. The quantitative estimate of drug-likeness (QED) is 0.769. The Bertz CT molecular complexity index is 798. The third-order valence-electron chi connectivity index (χ3n) is 3.11. The fourth-order valence-corrected chi connectivity index (χ4v) is 2.21. The highest BCUT2D eigenvalue weighted by atomic mass is 16.4. The Labute approximate surface area is 119 Å². The molecule has 0 spiro atoms. The van der Waals surface area contributed by atoms with Crippen LogP contribution >= 0.6 is 0 Å². The van der Waals surface area contributed by atoms with Crippen molar-refractivity contribution in [3.8, 4) is 22.6 Å². The van der Waals surface area contributed by atoms with Gasteiger partial charge in [0.05, 0.1) is 11.3 Å². The van der Waals surface area contributed by atoms with Gasteiger partial charge in [0.1, 0.15) is 18.4 Å². The number of para-hydroxylation sites is 2. The Morgan fingerprint density at radius 2 is 1.81 bits per heavy atom. The van der Waals surface area contributed by atoms with E-state index in [4.69, 9.17) is 0 Å². The van der Waals surface area contributed by atoms with E-state index >= 15 is 0 Å². The van der Waals surface area contributed by atoms with Crippen LogP contribution in [0.25, 0.3) is 16.8 Å². The molecule has 0 fully saturated rings. The van der Waals surface area contributed by atoms with Crippen LogP contribution in [0.1, 0.15) is 10.4 Å². The topological polar surface area (TPSA) is 88.2 Å². The molecule has 0 radical (unpaired) electrons. The minimum absolute atomic E-state index is 0.0707. The fourth-order valence-electron chi connectivity index (χ4n) is 2.21. The number of aromatic carboxylic acids is 1. The van der Waals surface area contributed by atoms with Crippen LogP contribution in [0.2, 0.25) is 0 Å². The molecule has 2 N–H and O–H groups in total. The van der Waals surface area contributed by atoms with Gasteiger partial charge in [0.25, 0.3) is 0 Å². The van der Waals surface area contributed by atoms with Crippen LogP contribution in [0, 0.1) is 0 Å². The average Bonchev–Trinajstić information content (AvgIpc) is 3.01. The Kier molecular flexibility index (Phi) is 3.12. The minimum atomic E-state index is -1.07. The molecule has 104 valence electrons. The number of carboxylic acids is 1. The molecule has 0 atom stereocenters. The average molecular weight is 281 g/mol. The van der Waals surface area contributed by atoms with Gasteiger partial charge >= 0.3 is 5.97 Å². The standard InChI is InChI=1S/C15H11N3O3/c19-13-7-2-1-4-10(13)11-5-3-6-12(15(20)21)14(11)18-9-16-8-17-18/h1-9,19H,(H,20,21). The Balaban J connectivity index is 2.34. The van der Waals surface area contributed by atoms with E-state index in [1.165, 1.54) is 23.4 Å². The van der Waals surface area contributed by atoms with Crippen molar-refractivity contribution >= 4 is 5.97 Å². The number of rotatable bonds is 3. The predicted molar refractivity (Wildman–Crippen MR) is 75.4 cm³/mol. The second-order valence-corrected chi connectivity index (χ2v) is 4.36. The molecule has 2 aromatic carbocycles. The number of hydrogen-bond acceptors (Lipinski definition) is 4. The maximum absolute atomic E-state index is 11.5. The van der Waals surface area contributed by atoms with Gasteiger partial charge in [-0.3, -0.25) is 0 Å². The number of phenols is 1. The summed E-state index contributed by atoms with van der Waals surface area (Å²) in [6, 6.07) is 11.6. The van der Waals surface area contributed by atoms with E-state index in [2.05, 4.69) is 10.1 Å². The first-order chi connectivity index (χ1) is 10.2. The molecule has 6 heteroatoms. The van der Waals surface area contributed by atoms with Gasteiger partial charge in [-0.15, -0.1) is 0 Å². The van der Waals surface area contributed by atoms with E-state index < -0.39 is 5.97 Å². The maximum atomic E-state index is 11.5. The van der Waals surface area contributed by atoms with Crippen molar-refractivity contribution in [3.05, 3.63) is 60.7 Å². The third kappa shape index (κ3) is 2.23. The van der Waals surface area contributed by atoms with Gasteiger partial charge < -0.3 is 10.2 Å². The van der Waals surface area contributed by atoms with Crippen LogP contribution < -0.4 is 0 Å². The van der Waals surface area contributed by atoms with Gasteiger partial charge in [-0.2, -0.15) is 5.10 Å². The minimum Gasteiger partial charge on any atom is -0.507 e. The molecule has 0 aliphatic carbocycles. The molecule has 0 saturated heterocycles. The van der Waals surface area contributed by atoms with Crippen molar-refractivity contribution in [2.45, 2.75) is 0 Å². The van der Waals surface area contributed by atoms with Gasteiger partial charge in [-0.25, -0.2) is 14.5 Å². The van der Waals surface area contributed by atoms with Gasteiger partial charge in [-0.1, -0.05) is 30.3 Å². The predicted octanol–water partition coefficient (Wildman–Crippen LogP) is 2.34. The molecular weight excluding hydrogens is 270 g/mol. The maximum Gasteiger partial charge on any atom is 0.337 e. The zero-order valence-electron chi connectivity index (χ0n) is 10.8. The third-order valence-corrected chi connectivity index (χ3v) is 3.11. The summed E-state index contributed by atoms with van der Waals surface area (Å²) in [4.78, 5) is 15.3. The fraction of sp³-hybridized carbons (Fsp3) is 0. The Morgan fingerprint density at radius 3 is 2.48 bits per heavy atom. The van der Waals surface area contributed by atoms with Crippen molar-refractivity contribution in [3.63, 3.8) is 0 Å². The van der Waals surface area contributed by atoms with E-state index in [1.54, 1.807) is 36.4 Å². The van der Waals surface area contributed by atoms with Crippen LogP contribution in [0.3, 0.4) is 0 Å². The number of benzene rings is 2. The van der Waals surface area contributed by atoms with Crippen molar-refractivity contribution < 1.29 is 15.0 Å². The monoisotopic (exact) mass is 281 g/mol. The molecule has 0 aliphatic rings. The lowest BCUT2D eigenvalue weighted by Gasteiger charge is -2.13. The number of nitrogens with zero attached hydrogens (tertiary/aromatic N) is 3. The van der Waals surface area contributed by atoms with Crippen LogP contribution in [0.4, 0.5) is 0 Å². The van der Waals surface area contributed by atoms with E-state index in [9.17, 15) is 15.0 Å². The summed E-state index contributed by atoms with van der Waals surface area (Å²) < 4.78 is 1.38. The highest BCUT2D eigenvalue weighted by Crippen LogP contribution is 2.34. The molecule has 0 amide bonds. The van der Waals surface area contributed by atoms with Crippen LogP contribution in [-0.4, -0.2) is 30.9 Å². The number of carboxylic acid groups (broad SMARTS) is 1. The summed E-state index contributed by atoms with van der Waals surface area (Å²) in [7, 11) is 0. The summed E-state index contributed by atoms with van der Waals surface area (Å²) >= 11 is 0. The van der Waals surface area contributed by atoms with Gasteiger partial charge in [0.2, 0.25) is 0 Å². The summed E-state index contributed by atoms with van der Waals surface area (Å²) in [6.45, 7) is 0. The zero-order chi connectivity index (χ0) is 14.8. The van der Waals surface area contributed by atoms with Crippen LogP contribution in [0.5, 0.6) is 5.75 Å². The molecular formula is C15H11N3O3. The molecule has 0 saturated carbocycles. The lowest BCUT2D eigenvalue weighted by molar-refractivity contribution is 0.0697. The number of hydrogen-bond donors (Lipinski definition) is 2. The van der Waals surface area contributed by atoms with E-state index in [-0.39, 0.29) is 11.3 Å². The first kappa shape index (κ1) is 12.9. The molecule has 1 aromatic heterocycles. The molecule has 3 rings (SSSR count). The highest BCUT2D eigenvalue weighted by Gasteiger charge is 2.18. The van der Waals surface area contributed by atoms with Crippen molar-refractivity contribution in [1.29, 1.82) is 0 Å². The second kappa shape index (κ2) is 5.09. The van der Waals surface area contributed by atoms with Crippen molar-refractivity contribution in [2.75, 3.05) is 0 Å². The lowest BCUT2D eigenvalue weighted by atomic mass is 9.99. The lowest BCUT2D eigenvalue weighted by Crippen LogP contribution is -2.07. The summed E-state index contributed by atoms with van der Waals surface area (Å²) in [5.74, 6) is -1.00. The largest absolute Gasteiger partial charge is 0.507 e. The van der Waals surface area contributed by atoms with Gasteiger partial charge in [-0.05, 0) is 12.1 Å². The zero-order valence-corrected chi connectivity index (χ0v) is 10.8. The van der Waals surface area contributed by atoms with Crippen LogP contribution in [-0.2, 0) is 0 Å². The number of aromatic hydroxyl groups is 1. The molecule has 1 heterocycles. The number of carbonyl (C=O) groups is 1. The summed E-state index contributed by atoms with van der Waals surface area (Å²) in [6.07, 6.45) is 2.75. The molecule has 0 aliphatic heterocycles. The molecule has 6 nitrogen and oxygen atoms in total. The molecule has 21 heavy (non-hydrogen) atoms. The normalized spacial score (nSPS) is 10.5. The van der Waals surface area contributed by atoms with E-state index in [1.807, 2.05) is 0 Å². The molecule has 3 aromatic rings. The van der Waals surface area contributed by atoms with E-state index in [0.717, 1.165) is 0 Å². The Morgan fingerprint density at radius 1 is 1.05 bits per heavy atom. The number of aromatic nitrogens is 3. The summed E-state index contributed by atoms with van der Waals surface area (Å²) in [5.41, 5.74) is 1.55. The Hall–Kier alpha value is -3.15. The van der Waals surface area contributed by atoms with Gasteiger partial charge in [0.15, 0.2) is 0 Å². The molecule has 0 unspecified atom stereocenters. The van der Waals surface area contributed by atoms with E-state index in [0.29, 0.717) is 16.8 Å². The SMILES string of the molecule is O=C(O)c1cccc(-c2ccccc2O)c1-n1cncn1. The van der Waals surface area contributed by atoms with Gasteiger partial charge in [0, 0.05) is 11.1 Å². The van der Waals surface area contributed by atoms with Crippen molar-refractivity contribution in [2.24, 2.45) is 0 Å². The first-order valence-electron chi connectivity index (χ1n) is 6.18. The van der Waals surface area contributed by atoms with Crippen LogP contribution in [0.15, 0.2) is 55.1 Å². The summed E-state index contributed by atoms with van der Waals surface area (Å²) in [5, 5.41) is 23.4. The van der Waals surface area contributed by atoms with Crippen molar-refractivity contribution in [1.82, 2.24) is 14.8 Å². The number of phenolic OH excluding ortho intramolecular Hbond substituents is 1. The smallest absolute Gasteiger partial charge is 0.337 e. The highest BCUT2D eigenvalue weighted by molar-refractivity contribution is 5.96.